The first-order chi connectivity index (χ1) is 13.4. The summed E-state index contributed by atoms with van der Waals surface area (Å²) in [6.07, 6.45) is 1.57. The van der Waals surface area contributed by atoms with E-state index >= 15 is 0 Å². The molecule has 0 aromatic heterocycles. The monoisotopic (exact) mass is 448 g/mol. The van der Waals surface area contributed by atoms with Crippen molar-refractivity contribution in [2.45, 2.75) is 18.3 Å². The lowest BCUT2D eigenvalue weighted by Gasteiger charge is -2.38. The van der Waals surface area contributed by atoms with Crippen LogP contribution in [0.3, 0.4) is 0 Å². The van der Waals surface area contributed by atoms with Gasteiger partial charge in [-0.05, 0) is 42.7 Å². The summed E-state index contributed by atoms with van der Waals surface area (Å²) in [4.78, 5) is 23.3. The van der Waals surface area contributed by atoms with E-state index in [1.54, 1.807) is 0 Å². The van der Waals surface area contributed by atoms with Gasteiger partial charge >= 0.3 is 5.69 Å². The number of rotatable bonds is 6. The summed E-state index contributed by atoms with van der Waals surface area (Å²) in [6, 6.07) is 12.3. The minimum Gasteiger partial charge on any atom is -0.490 e. The van der Waals surface area contributed by atoms with Crippen molar-refractivity contribution in [1.29, 1.82) is 0 Å². The molecule has 1 amide bonds. The summed E-state index contributed by atoms with van der Waals surface area (Å²) < 4.78 is 11.5. The van der Waals surface area contributed by atoms with E-state index in [9.17, 15) is 14.9 Å². The van der Waals surface area contributed by atoms with Gasteiger partial charge in [-0.3, -0.25) is 14.9 Å². The highest BCUT2D eigenvalue weighted by atomic mass is 79.9. The fraction of sp³-hybridized carbons (Fsp3) is 0.350. The highest BCUT2D eigenvalue weighted by Gasteiger charge is 2.35. The third kappa shape index (κ3) is 4.34. The topological polar surface area (TPSA) is 90.7 Å². The molecule has 0 radical (unpaired) electrons. The average molecular weight is 449 g/mol. The molecule has 2 aromatic rings. The number of benzene rings is 2. The number of carbonyl (C=O) groups excluding carboxylic acids is 1. The quantitative estimate of drug-likeness (QED) is 0.535. The number of nitrogens with zero attached hydrogens (tertiary/aromatic N) is 1. The van der Waals surface area contributed by atoms with Crippen LogP contribution in [0.4, 0.5) is 5.69 Å². The Morgan fingerprint density at radius 2 is 2.04 bits per heavy atom. The third-order valence-corrected chi connectivity index (χ3v) is 5.61. The second-order valence-electron chi connectivity index (χ2n) is 6.73. The van der Waals surface area contributed by atoms with Gasteiger partial charge in [-0.25, -0.2) is 0 Å². The van der Waals surface area contributed by atoms with Crippen LogP contribution >= 0.6 is 15.9 Å². The summed E-state index contributed by atoms with van der Waals surface area (Å²) in [5, 5.41) is 14.2. The van der Waals surface area contributed by atoms with E-state index in [0.29, 0.717) is 19.8 Å². The van der Waals surface area contributed by atoms with Crippen LogP contribution < -0.4 is 10.1 Å². The fourth-order valence-electron chi connectivity index (χ4n) is 3.47. The van der Waals surface area contributed by atoms with Gasteiger partial charge in [0.15, 0.2) is 5.75 Å². The van der Waals surface area contributed by atoms with Crippen LogP contribution in [0.15, 0.2) is 46.9 Å². The van der Waals surface area contributed by atoms with Crippen LogP contribution in [0.5, 0.6) is 5.75 Å². The van der Waals surface area contributed by atoms with Gasteiger partial charge in [-0.2, -0.15) is 0 Å². The highest BCUT2D eigenvalue weighted by molar-refractivity contribution is 9.10. The molecule has 1 N–H and O–H groups in total. The SMILES string of the molecule is COc1ccc(C(=O)NCC2(c3cccc(Br)c3)CCOCC2)cc1[N+](=O)[O-]. The Labute approximate surface area is 171 Å². The molecule has 28 heavy (non-hydrogen) atoms. The lowest BCUT2D eigenvalue weighted by Crippen LogP contribution is -2.44. The molecule has 7 nitrogen and oxygen atoms in total. The molecular weight excluding hydrogens is 428 g/mol. The summed E-state index contributed by atoms with van der Waals surface area (Å²) >= 11 is 3.51. The molecule has 0 aliphatic carbocycles. The molecule has 1 heterocycles. The zero-order valence-corrected chi connectivity index (χ0v) is 17.0. The molecule has 1 aliphatic rings. The number of hydrogen-bond donors (Lipinski definition) is 1. The van der Waals surface area contributed by atoms with Crippen molar-refractivity contribution in [1.82, 2.24) is 5.32 Å². The molecule has 0 spiro atoms. The molecule has 0 bridgehead atoms. The first-order valence-corrected chi connectivity index (χ1v) is 9.69. The normalized spacial score (nSPS) is 15.6. The van der Waals surface area contributed by atoms with Crippen LogP contribution in [0.1, 0.15) is 28.8 Å². The van der Waals surface area contributed by atoms with E-state index in [4.69, 9.17) is 9.47 Å². The maximum absolute atomic E-state index is 12.7. The Bertz CT molecular complexity index is 881. The number of methoxy groups -OCH3 is 1. The first kappa shape index (κ1) is 20.3. The number of nitro groups is 1. The van der Waals surface area contributed by atoms with Crippen LogP contribution in [0, 0.1) is 10.1 Å². The molecular formula is C20H21BrN2O5. The second-order valence-corrected chi connectivity index (χ2v) is 7.65. The number of nitrogens with one attached hydrogen (secondary N) is 1. The van der Waals surface area contributed by atoms with Gasteiger partial charge in [0.05, 0.1) is 12.0 Å². The lowest BCUT2D eigenvalue weighted by atomic mass is 9.74. The minimum absolute atomic E-state index is 0.122. The Morgan fingerprint density at radius 1 is 1.29 bits per heavy atom. The standard InChI is InChI=1S/C20H21BrN2O5/c1-27-18-6-5-14(11-17(18)23(25)26)19(24)22-13-20(7-9-28-10-8-20)15-3-2-4-16(21)12-15/h2-6,11-12H,7-10,13H2,1H3,(H,22,24). The molecule has 148 valence electrons. The Balaban J connectivity index is 1.81. The van der Waals surface area contributed by atoms with Crippen LogP contribution in [-0.4, -0.2) is 37.7 Å². The van der Waals surface area contributed by atoms with Crippen LogP contribution in [0.25, 0.3) is 0 Å². The zero-order valence-electron chi connectivity index (χ0n) is 15.4. The van der Waals surface area contributed by atoms with Crippen LogP contribution in [0.2, 0.25) is 0 Å². The fourth-order valence-corrected chi connectivity index (χ4v) is 3.87. The van der Waals surface area contributed by atoms with Crippen molar-refractivity contribution >= 4 is 27.5 Å². The van der Waals surface area contributed by atoms with Crippen LogP contribution in [-0.2, 0) is 10.2 Å². The maximum Gasteiger partial charge on any atom is 0.311 e. The van der Waals surface area contributed by atoms with Crippen molar-refractivity contribution in [3.05, 3.63) is 68.2 Å². The number of nitro benzene ring substituents is 1. The second kappa shape index (κ2) is 8.70. The highest BCUT2D eigenvalue weighted by Crippen LogP contribution is 2.35. The molecule has 0 atom stereocenters. The predicted molar refractivity (Wildman–Crippen MR) is 108 cm³/mol. The summed E-state index contributed by atoms with van der Waals surface area (Å²) in [5.41, 5.74) is 0.883. The number of carbonyl (C=O) groups is 1. The van der Waals surface area contributed by atoms with Crippen molar-refractivity contribution in [2.24, 2.45) is 0 Å². The van der Waals surface area contributed by atoms with Gasteiger partial charge in [0, 0.05) is 41.3 Å². The third-order valence-electron chi connectivity index (χ3n) is 5.11. The first-order valence-electron chi connectivity index (χ1n) is 8.90. The van der Waals surface area contributed by atoms with Gasteiger partial charge in [-0.1, -0.05) is 28.1 Å². The maximum atomic E-state index is 12.7. The van der Waals surface area contributed by atoms with E-state index in [-0.39, 0.29) is 28.3 Å². The molecule has 3 rings (SSSR count). The van der Waals surface area contributed by atoms with Gasteiger partial charge in [0.2, 0.25) is 0 Å². The summed E-state index contributed by atoms with van der Waals surface area (Å²) in [6.45, 7) is 1.66. The molecule has 0 unspecified atom stereocenters. The van der Waals surface area contributed by atoms with Crippen molar-refractivity contribution in [3.8, 4) is 5.75 Å². The molecule has 8 heteroatoms. The largest absolute Gasteiger partial charge is 0.490 e. The van der Waals surface area contributed by atoms with Crippen molar-refractivity contribution in [3.63, 3.8) is 0 Å². The smallest absolute Gasteiger partial charge is 0.311 e. The molecule has 1 aliphatic heterocycles. The number of ether oxygens (including phenoxy) is 2. The van der Waals surface area contributed by atoms with Gasteiger partial charge in [0.25, 0.3) is 5.91 Å². The van der Waals surface area contributed by atoms with Crippen molar-refractivity contribution < 1.29 is 19.2 Å². The van der Waals surface area contributed by atoms with Gasteiger partial charge in [0.1, 0.15) is 0 Å². The number of hydrogen-bond acceptors (Lipinski definition) is 5. The summed E-state index contributed by atoms with van der Waals surface area (Å²) in [5.74, 6) is -0.233. The number of halogens is 1. The van der Waals surface area contributed by atoms with E-state index in [2.05, 4.69) is 33.4 Å². The molecule has 0 saturated carbocycles. The van der Waals surface area contributed by atoms with Gasteiger partial charge < -0.3 is 14.8 Å². The van der Waals surface area contributed by atoms with E-state index in [1.165, 1.54) is 25.3 Å². The van der Waals surface area contributed by atoms with E-state index < -0.39 is 4.92 Å². The molecule has 1 saturated heterocycles. The minimum atomic E-state index is -0.558. The Hall–Kier alpha value is -2.45. The van der Waals surface area contributed by atoms with E-state index in [0.717, 1.165) is 22.9 Å². The Morgan fingerprint density at radius 3 is 2.68 bits per heavy atom. The zero-order chi connectivity index (χ0) is 20.1. The lowest BCUT2D eigenvalue weighted by molar-refractivity contribution is -0.385. The van der Waals surface area contributed by atoms with E-state index in [1.807, 2.05) is 12.1 Å². The predicted octanol–water partition coefficient (Wildman–Crippen LogP) is 3.84. The number of amides is 1. The Kier molecular flexibility index (Phi) is 6.31. The molecule has 2 aromatic carbocycles. The molecule has 1 fully saturated rings. The van der Waals surface area contributed by atoms with Crippen molar-refractivity contribution in [2.75, 3.05) is 26.9 Å². The average Bonchev–Trinajstić information content (AvgIpc) is 2.72. The summed E-state index contributed by atoms with van der Waals surface area (Å²) in [7, 11) is 1.36. The van der Waals surface area contributed by atoms with Gasteiger partial charge in [-0.15, -0.1) is 0 Å².